The van der Waals surface area contributed by atoms with Crippen molar-refractivity contribution in [3.63, 3.8) is 0 Å². The quantitative estimate of drug-likeness (QED) is 0.857. The van der Waals surface area contributed by atoms with Crippen molar-refractivity contribution in [2.45, 2.75) is 25.3 Å². The van der Waals surface area contributed by atoms with Crippen LogP contribution in [-0.4, -0.2) is 0 Å². The molecule has 0 saturated carbocycles. The summed E-state index contributed by atoms with van der Waals surface area (Å²) in [6.07, 6.45) is 3.53. The van der Waals surface area contributed by atoms with Crippen LogP contribution in [0.15, 0.2) is 41.8 Å². The van der Waals surface area contributed by atoms with Gasteiger partial charge in [0.25, 0.3) is 0 Å². The van der Waals surface area contributed by atoms with Crippen molar-refractivity contribution >= 4 is 11.3 Å². The Labute approximate surface area is 106 Å². The zero-order valence-electron chi connectivity index (χ0n) is 9.80. The van der Waals surface area contributed by atoms with Gasteiger partial charge in [-0.15, -0.1) is 11.3 Å². The summed E-state index contributed by atoms with van der Waals surface area (Å²) < 4.78 is 0. The van der Waals surface area contributed by atoms with Crippen LogP contribution in [0.2, 0.25) is 0 Å². The van der Waals surface area contributed by atoms with Crippen LogP contribution >= 0.6 is 11.3 Å². The average molecular weight is 243 g/mol. The Kier molecular flexibility index (Phi) is 3.00. The molecule has 2 atom stereocenters. The molecule has 1 aromatic carbocycles. The van der Waals surface area contributed by atoms with E-state index in [1.54, 1.807) is 0 Å². The maximum Gasteiger partial charge on any atom is 0.0329 e. The van der Waals surface area contributed by atoms with E-state index in [-0.39, 0.29) is 6.04 Å². The highest BCUT2D eigenvalue weighted by Crippen LogP contribution is 2.35. The maximum atomic E-state index is 6.41. The van der Waals surface area contributed by atoms with E-state index < -0.39 is 0 Å². The van der Waals surface area contributed by atoms with Gasteiger partial charge < -0.3 is 5.73 Å². The molecule has 2 heteroatoms. The van der Waals surface area contributed by atoms with Crippen molar-refractivity contribution in [3.8, 4) is 0 Å². The lowest BCUT2D eigenvalue weighted by Crippen LogP contribution is -2.28. The molecule has 2 N–H and O–H groups in total. The van der Waals surface area contributed by atoms with Gasteiger partial charge in [-0.3, -0.25) is 0 Å². The van der Waals surface area contributed by atoms with Crippen LogP contribution in [0.1, 0.15) is 28.5 Å². The van der Waals surface area contributed by atoms with E-state index in [9.17, 15) is 0 Å². The molecular weight excluding hydrogens is 226 g/mol. The lowest BCUT2D eigenvalue weighted by atomic mass is 9.78. The predicted molar refractivity (Wildman–Crippen MR) is 73.2 cm³/mol. The van der Waals surface area contributed by atoms with Gasteiger partial charge in [-0.2, -0.15) is 0 Å². The van der Waals surface area contributed by atoms with Crippen molar-refractivity contribution in [1.82, 2.24) is 0 Å². The van der Waals surface area contributed by atoms with Crippen LogP contribution in [-0.2, 0) is 12.8 Å². The summed E-state index contributed by atoms with van der Waals surface area (Å²) in [5.41, 5.74) is 9.22. The number of thiophene rings is 1. The van der Waals surface area contributed by atoms with E-state index in [4.69, 9.17) is 5.73 Å². The minimum atomic E-state index is 0.210. The summed E-state index contributed by atoms with van der Waals surface area (Å²) in [6, 6.07) is 13.2. The normalized spacial score (nSPS) is 23.4. The molecular formula is C15H17NS. The summed E-state index contributed by atoms with van der Waals surface area (Å²) in [4.78, 5) is 1.46. The topological polar surface area (TPSA) is 26.0 Å². The Bertz CT molecular complexity index is 489. The van der Waals surface area contributed by atoms with Gasteiger partial charge in [0.2, 0.25) is 0 Å². The van der Waals surface area contributed by atoms with Crippen molar-refractivity contribution in [2.75, 3.05) is 0 Å². The Balaban J connectivity index is 1.82. The first-order valence-electron chi connectivity index (χ1n) is 6.20. The van der Waals surface area contributed by atoms with Crippen molar-refractivity contribution in [2.24, 2.45) is 11.7 Å². The van der Waals surface area contributed by atoms with Gasteiger partial charge in [0.1, 0.15) is 0 Å². The zero-order chi connectivity index (χ0) is 11.7. The Morgan fingerprint density at radius 3 is 2.88 bits per heavy atom. The molecule has 0 saturated heterocycles. The summed E-state index contributed by atoms with van der Waals surface area (Å²) in [7, 11) is 0. The first-order chi connectivity index (χ1) is 8.34. The molecule has 0 spiro atoms. The van der Waals surface area contributed by atoms with Crippen LogP contribution in [0.25, 0.3) is 0 Å². The molecule has 1 aliphatic carbocycles. The van der Waals surface area contributed by atoms with Crippen molar-refractivity contribution < 1.29 is 0 Å². The van der Waals surface area contributed by atoms with Crippen LogP contribution in [0.4, 0.5) is 0 Å². The first-order valence-corrected chi connectivity index (χ1v) is 7.08. The highest BCUT2D eigenvalue weighted by Gasteiger charge is 2.26. The molecule has 0 amide bonds. The van der Waals surface area contributed by atoms with Crippen molar-refractivity contribution in [1.29, 1.82) is 0 Å². The van der Waals surface area contributed by atoms with Gasteiger partial charge in [-0.25, -0.2) is 0 Å². The Morgan fingerprint density at radius 2 is 2.06 bits per heavy atom. The number of hydrogen-bond donors (Lipinski definition) is 1. The van der Waals surface area contributed by atoms with Gasteiger partial charge in [-0.1, -0.05) is 30.3 Å². The standard InChI is InChI=1S/C15H17NS/c16-15-12(10-13-5-3-9-17-13)8-7-11-4-1-2-6-14(11)15/h1-6,9,12,15H,7-8,10,16H2. The first kappa shape index (κ1) is 11.0. The minimum absolute atomic E-state index is 0.210. The highest BCUT2D eigenvalue weighted by molar-refractivity contribution is 7.09. The number of aryl methyl sites for hydroxylation is 1. The minimum Gasteiger partial charge on any atom is -0.324 e. The third-order valence-electron chi connectivity index (χ3n) is 3.75. The second kappa shape index (κ2) is 4.63. The maximum absolute atomic E-state index is 6.41. The Hall–Kier alpha value is -1.12. The van der Waals surface area contributed by atoms with E-state index in [0.717, 1.165) is 6.42 Å². The zero-order valence-corrected chi connectivity index (χ0v) is 10.6. The average Bonchev–Trinajstić information content (AvgIpc) is 2.86. The molecule has 0 radical (unpaired) electrons. The fourth-order valence-electron chi connectivity index (χ4n) is 2.78. The molecule has 3 rings (SSSR count). The molecule has 1 heterocycles. The monoisotopic (exact) mass is 243 g/mol. The number of hydrogen-bond acceptors (Lipinski definition) is 2. The van der Waals surface area contributed by atoms with Crippen molar-refractivity contribution in [3.05, 3.63) is 57.8 Å². The second-order valence-corrected chi connectivity index (χ2v) is 5.84. The van der Waals surface area contributed by atoms with Gasteiger partial charge in [0.05, 0.1) is 0 Å². The van der Waals surface area contributed by atoms with Crippen LogP contribution in [0.3, 0.4) is 0 Å². The summed E-state index contributed by atoms with van der Waals surface area (Å²) in [5.74, 6) is 0.601. The van der Waals surface area contributed by atoms with Crippen LogP contribution < -0.4 is 5.73 Å². The third kappa shape index (κ3) is 2.15. The summed E-state index contributed by atoms with van der Waals surface area (Å²) in [6.45, 7) is 0. The van der Waals surface area contributed by atoms with Gasteiger partial charge >= 0.3 is 0 Å². The third-order valence-corrected chi connectivity index (χ3v) is 4.65. The summed E-state index contributed by atoms with van der Waals surface area (Å²) in [5, 5.41) is 2.15. The van der Waals surface area contributed by atoms with Gasteiger partial charge in [0, 0.05) is 10.9 Å². The lowest BCUT2D eigenvalue weighted by Gasteiger charge is -2.30. The number of rotatable bonds is 2. The fraction of sp³-hybridized carbons (Fsp3) is 0.333. The highest BCUT2D eigenvalue weighted by atomic mass is 32.1. The molecule has 0 aliphatic heterocycles. The van der Waals surface area contributed by atoms with Gasteiger partial charge in [-0.05, 0) is 47.8 Å². The molecule has 88 valence electrons. The molecule has 0 fully saturated rings. The second-order valence-electron chi connectivity index (χ2n) is 4.81. The molecule has 0 bridgehead atoms. The Morgan fingerprint density at radius 1 is 1.18 bits per heavy atom. The number of fused-ring (bicyclic) bond motifs is 1. The molecule has 2 aromatic rings. The SMILES string of the molecule is NC1c2ccccc2CCC1Cc1cccs1. The molecule has 17 heavy (non-hydrogen) atoms. The predicted octanol–water partition coefficient (Wildman–Crippen LogP) is 3.55. The molecule has 1 nitrogen and oxygen atoms in total. The molecule has 1 aromatic heterocycles. The fourth-order valence-corrected chi connectivity index (χ4v) is 3.58. The smallest absolute Gasteiger partial charge is 0.0329 e. The summed E-state index contributed by atoms with van der Waals surface area (Å²) >= 11 is 1.84. The number of benzene rings is 1. The lowest BCUT2D eigenvalue weighted by molar-refractivity contribution is 0.378. The number of nitrogens with two attached hydrogens (primary N) is 1. The largest absolute Gasteiger partial charge is 0.324 e. The van der Waals surface area contributed by atoms with E-state index >= 15 is 0 Å². The van der Waals surface area contributed by atoms with Crippen LogP contribution in [0.5, 0.6) is 0 Å². The van der Waals surface area contributed by atoms with E-state index in [1.165, 1.54) is 28.8 Å². The van der Waals surface area contributed by atoms with E-state index in [1.807, 2.05) is 11.3 Å². The van der Waals surface area contributed by atoms with E-state index in [2.05, 4.69) is 41.8 Å². The van der Waals surface area contributed by atoms with Crippen LogP contribution in [0, 0.1) is 5.92 Å². The molecule has 1 aliphatic rings. The van der Waals surface area contributed by atoms with E-state index in [0.29, 0.717) is 5.92 Å². The molecule has 2 unspecified atom stereocenters. The van der Waals surface area contributed by atoms with Gasteiger partial charge in [0.15, 0.2) is 0 Å².